The molecule has 2 atom stereocenters. The maximum atomic E-state index is 12.5. The molecule has 2 aromatic rings. The van der Waals surface area contributed by atoms with Crippen LogP contribution in [0.3, 0.4) is 0 Å². The number of nitrogens with one attached hydrogen (secondary N) is 1. The fraction of sp³-hybridized carbons (Fsp3) is 0.381. The standard InChI is InChI=1S/C21H26N2O3/c1-16(17(2)23-12-14-25-15-13-23)22-21(24)18-8-10-20(11-9-18)26-19-6-4-3-5-7-19/h3-11,16-17H,12-15H2,1-2H3,(H,22,24)/t16-,17+/m0/s1. The second-order valence-electron chi connectivity index (χ2n) is 6.59. The lowest BCUT2D eigenvalue weighted by Gasteiger charge is -2.35. The summed E-state index contributed by atoms with van der Waals surface area (Å²) in [5.41, 5.74) is 0.631. The minimum Gasteiger partial charge on any atom is -0.457 e. The molecule has 0 spiro atoms. The maximum Gasteiger partial charge on any atom is 0.251 e. The molecule has 26 heavy (non-hydrogen) atoms. The van der Waals surface area contributed by atoms with E-state index in [1.54, 1.807) is 12.1 Å². The smallest absolute Gasteiger partial charge is 0.251 e. The van der Waals surface area contributed by atoms with Crippen molar-refractivity contribution in [2.75, 3.05) is 26.3 Å². The molecule has 5 nitrogen and oxygen atoms in total. The van der Waals surface area contributed by atoms with Gasteiger partial charge in [-0.25, -0.2) is 0 Å². The van der Waals surface area contributed by atoms with E-state index in [0.29, 0.717) is 11.3 Å². The third-order valence-corrected chi connectivity index (χ3v) is 4.80. The molecular weight excluding hydrogens is 328 g/mol. The minimum atomic E-state index is -0.0659. The maximum absolute atomic E-state index is 12.5. The Bertz CT molecular complexity index is 697. The fourth-order valence-corrected chi connectivity index (χ4v) is 3.01. The van der Waals surface area contributed by atoms with E-state index >= 15 is 0 Å². The summed E-state index contributed by atoms with van der Waals surface area (Å²) in [6.07, 6.45) is 0. The molecule has 1 amide bonds. The Kier molecular flexibility index (Phi) is 6.26. The molecule has 0 radical (unpaired) electrons. The van der Waals surface area contributed by atoms with Crippen molar-refractivity contribution in [1.82, 2.24) is 10.2 Å². The lowest BCUT2D eigenvalue weighted by molar-refractivity contribution is 0.0137. The first kappa shape index (κ1) is 18.4. The van der Waals surface area contributed by atoms with Crippen molar-refractivity contribution in [3.8, 4) is 11.5 Å². The predicted octanol–water partition coefficient (Wildman–Crippen LogP) is 3.32. The van der Waals surface area contributed by atoms with Gasteiger partial charge in [-0.1, -0.05) is 18.2 Å². The van der Waals surface area contributed by atoms with Crippen molar-refractivity contribution < 1.29 is 14.3 Å². The van der Waals surface area contributed by atoms with Gasteiger partial charge in [-0.3, -0.25) is 9.69 Å². The topological polar surface area (TPSA) is 50.8 Å². The van der Waals surface area contributed by atoms with Crippen LogP contribution < -0.4 is 10.1 Å². The third kappa shape index (κ3) is 4.84. The zero-order valence-electron chi connectivity index (χ0n) is 15.4. The molecule has 0 saturated carbocycles. The summed E-state index contributed by atoms with van der Waals surface area (Å²) in [5, 5.41) is 3.10. The monoisotopic (exact) mass is 354 g/mol. The summed E-state index contributed by atoms with van der Waals surface area (Å²) in [6, 6.07) is 17.1. The number of benzene rings is 2. The molecule has 0 aromatic heterocycles. The number of amides is 1. The molecule has 0 bridgehead atoms. The van der Waals surface area contributed by atoms with Gasteiger partial charge in [0.1, 0.15) is 11.5 Å². The number of rotatable bonds is 6. The fourth-order valence-electron chi connectivity index (χ4n) is 3.01. The number of carbonyl (C=O) groups is 1. The quantitative estimate of drug-likeness (QED) is 0.865. The molecule has 1 saturated heterocycles. The highest BCUT2D eigenvalue weighted by Gasteiger charge is 2.23. The number of para-hydroxylation sites is 1. The Morgan fingerprint density at radius 2 is 1.62 bits per heavy atom. The molecular formula is C21H26N2O3. The van der Waals surface area contributed by atoms with Crippen LogP contribution in [0.15, 0.2) is 54.6 Å². The summed E-state index contributed by atoms with van der Waals surface area (Å²) in [6.45, 7) is 7.53. The summed E-state index contributed by atoms with van der Waals surface area (Å²) >= 11 is 0. The molecule has 5 heteroatoms. The Morgan fingerprint density at radius 3 is 2.27 bits per heavy atom. The van der Waals surface area contributed by atoms with Crippen LogP contribution in [0.5, 0.6) is 11.5 Å². The van der Waals surface area contributed by atoms with Crippen LogP contribution in [0.4, 0.5) is 0 Å². The molecule has 3 rings (SSSR count). The number of carbonyl (C=O) groups excluding carboxylic acids is 1. The van der Waals surface area contributed by atoms with Crippen LogP contribution in [-0.2, 0) is 4.74 Å². The zero-order chi connectivity index (χ0) is 18.4. The molecule has 1 aliphatic heterocycles. The first-order valence-corrected chi connectivity index (χ1v) is 9.09. The van der Waals surface area contributed by atoms with Gasteiger partial charge in [0.05, 0.1) is 13.2 Å². The summed E-state index contributed by atoms with van der Waals surface area (Å²) in [5.74, 6) is 1.42. The number of hydrogen-bond donors (Lipinski definition) is 1. The Balaban J connectivity index is 1.55. The second-order valence-corrected chi connectivity index (χ2v) is 6.59. The van der Waals surface area contributed by atoms with Crippen molar-refractivity contribution in [3.05, 3.63) is 60.2 Å². The SMILES string of the molecule is C[C@H](NC(=O)c1ccc(Oc2ccccc2)cc1)[C@@H](C)N1CCOCC1. The lowest BCUT2D eigenvalue weighted by atomic mass is 10.1. The van der Waals surface area contributed by atoms with Crippen molar-refractivity contribution in [2.45, 2.75) is 25.9 Å². The molecule has 1 N–H and O–H groups in total. The predicted molar refractivity (Wildman–Crippen MR) is 102 cm³/mol. The van der Waals surface area contributed by atoms with Gasteiger partial charge in [0.2, 0.25) is 0 Å². The van der Waals surface area contributed by atoms with Gasteiger partial charge in [0.25, 0.3) is 5.91 Å². The van der Waals surface area contributed by atoms with E-state index < -0.39 is 0 Å². The van der Waals surface area contributed by atoms with Gasteiger partial charge < -0.3 is 14.8 Å². The highest BCUT2D eigenvalue weighted by atomic mass is 16.5. The van der Waals surface area contributed by atoms with Gasteiger partial charge in [-0.15, -0.1) is 0 Å². The summed E-state index contributed by atoms with van der Waals surface area (Å²) < 4.78 is 11.2. The van der Waals surface area contributed by atoms with Gasteiger partial charge in [-0.2, -0.15) is 0 Å². The Morgan fingerprint density at radius 1 is 1.00 bits per heavy atom. The highest BCUT2D eigenvalue weighted by molar-refractivity contribution is 5.94. The normalized spacial score (nSPS) is 17.3. The van der Waals surface area contributed by atoms with Crippen LogP contribution in [0.25, 0.3) is 0 Å². The summed E-state index contributed by atoms with van der Waals surface area (Å²) in [4.78, 5) is 14.9. The molecule has 1 aliphatic rings. The van der Waals surface area contributed by atoms with E-state index in [4.69, 9.17) is 9.47 Å². The van der Waals surface area contributed by atoms with Crippen molar-refractivity contribution in [1.29, 1.82) is 0 Å². The molecule has 1 fully saturated rings. The molecule has 2 aromatic carbocycles. The van der Waals surface area contributed by atoms with Crippen LogP contribution in [0, 0.1) is 0 Å². The van der Waals surface area contributed by atoms with E-state index in [0.717, 1.165) is 32.1 Å². The number of nitrogens with zero attached hydrogens (tertiary/aromatic N) is 1. The van der Waals surface area contributed by atoms with Gasteiger partial charge >= 0.3 is 0 Å². The van der Waals surface area contributed by atoms with E-state index in [-0.39, 0.29) is 18.0 Å². The summed E-state index contributed by atoms with van der Waals surface area (Å²) in [7, 11) is 0. The van der Waals surface area contributed by atoms with E-state index in [1.165, 1.54) is 0 Å². The van der Waals surface area contributed by atoms with Crippen LogP contribution in [-0.4, -0.2) is 49.2 Å². The second kappa shape index (κ2) is 8.83. The van der Waals surface area contributed by atoms with Gasteiger partial charge in [0.15, 0.2) is 0 Å². The average molecular weight is 354 g/mol. The first-order valence-electron chi connectivity index (χ1n) is 9.09. The minimum absolute atomic E-state index is 0.0563. The van der Waals surface area contributed by atoms with Crippen LogP contribution in [0.1, 0.15) is 24.2 Å². The molecule has 0 aliphatic carbocycles. The van der Waals surface area contributed by atoms with Crippen LogP contribution in [0.2, 0.25) is 0 Å². The number of ether oxygens (including phenoxy) is 2. The lowest BCUT2D eigenvalue weighted by Crippen LogP contribution is -2.52. The van der Waals surface area contributed by atoms with Gasteiger partial charge in [0, 0.05) is 30.7 Å². The highest BCUT2D eigenvalue weighted by Crippen LogP contribution is 2.21. The van der Waals surface area contributed by atoms with E-state index in [9.17, 15) is 4.79 Å². The zero-order valence-corrected chi connectivity index (χ0v) is 15.4. The van der Waals surface area contributed by atoms with Crippen LogP contribution >= 0.6 is 0 Å². The Hall–Kier alpha value is -2.37. The van der Waals surface area contributed by atoms with E-state index in [2.05, 4.69) is 17.1 Å². The van der Waals surface area contributed by atoms with Crippen molar-refractivity contribution >= 4 is 5.91 Å². The van der Waals surface area contributed by atoms with E-state index in [1.807, 2.05) is 49.4 Å². The molecule has 0 unspecified atom stereocenters. The van der Waals surface area contributed by atoms with Gasteiger partial charge in [-0.05, 0) is 50.2 Å². The molecule has 138 valence electrons. The number of hydrogen-bond acceptors (Lipinski definition) is 4. The van der Waals surface area contributed by atoms with Crippen molar-refractivity contribution in [3.63, 3.8) is 0 Å². The first-order chi connectivity index (χ1) is 12.6. The third-order valence-electron chi connectivity index (χ3n) is 4.80. The van der Waals surface area contributed by atoms with Crippen molar-refractivity contribution in [2.24, 2.45) is 0 Å². The largest absolute Gasteiger partial charge is 0.457 e. The Labute approximate surface area is 154 Å². The average Bonchev–Trinajstić information content (AvgIpc) is 2.69. The number of morpholine rings is 1. The molecule has 1 heterocycles.